The summed E-state index contributed by atoms with van der Waals surface area (Å²) in [6.07, 6.45) is -0.657. The van der Waals surface area contributed by atoms with E-state index < -0.39 is 12.1 Å². The van der Waals surface area contributed by atoms with E-state index in [4.69, 9.17) is 4.74 Å². The molecule has 106 valence electrons. The maximum absolute atomic E-state index is 11.1. The van der Waals surface area contributed by atoms with E-state index in [1.54, 1.807) is 6.92 Å². The Balaban J connectivity index is 2.14. The fourth-order valence-corrected chi connectivity index (χ4v) is 1.52. The third-order valence-corrected chi connectivity index (χ3v) is 2.64. The van der Waals surface area contributed by atoms with Crippen LogP contribution >= 0.6 is 0 Å². The number of nitrogens with one attached hydrogen (secondary N) is 1. The highest BCUT2D eigenvalue weighted by Gasteiger charge is 2.14. The van der Waals surface area contributed by atoms with Crippen molar-refractivity contribution < 1.29 is 19.4 Å². The van der Waals surface area contributed by atoms with Crippen molar-refractivity contribution in [3.05, 3.63) is 35.9 Å². The first-order chi connectivity index (χ1) is 9.13. The average molecular weight is 267 g/mol. The number of hydrogen-bond donors (Lipinski definition) is 2. The zero-order valence-corrected chi connectivity index (χ0v) is 11.3. The lowest BCUT2D eigenvalue weighted by molar-refractivity contribution is -0.142. The standard InChI is InChI=1S/C14H21NO4/c1-11(14(17)18-2)15-8-13(16)10-19-9-12-6-4-3-5-7-12/h3-7,11,13,15-16H,8-10H2,1-2H3. The van der Waals surface area contributed by atoms with Gasteiger partial charge < -0.3 is 19.9 Å². The zero-order valence-electron chi connectivity index (χ0n) is 11.3. The van der Waals surface area contributed by atoms with Crippen molar-refractivity contribution in [1.82, 2.24) is 5.32 Å². The lowest BCUT2D eigenvalue weighted by Crippen LogP contribution is -2.40. The first-order valence-electron chi connectivity index (χ1n) is 6.24. The number of esters is 1. The molecule has 0 aromatic heterocycles. The van der Waals surface area contributed by atoms with Gasteiger partial charge in [0.2, 0.25) is 0 Å². The molecule has 5 heteroatoms. The molecular weight excluding hydrogens is 246 g/mol. The smallest absolute Gasteiger partial charge is 0.322 e. The van der Waals surface area contributed by atoms with Gasteiger partial charge in [-0.2, -0.15) is 0 Å². The van der Waals surface area contributed by atoms with Crippen molar-refractivity contribution in [2.45, 2.75) is 25.7 Å². The highest BCUT2D eigenvalue weighted by molar-refractivity contribution is 5.75. The van der Waals surface area contributed by atoms with Gasteiger partial charge in [0, 0.05) is 6.54 Å². The van der Waals surface area contributed by atoms with Crippen LogP contribution < -0.4 is 5.32 Å². The monoisotopic (exact) mass is 267 g/mol. The number of methoxy groups -OCH3 is 1. The maximum atomic E-state index is 11.1. The predicted molar refractivity (Wildman–Crippen MR) is 71.6 cm³/mol. The first kappa shape index (κ1) is 15.6. The van der Waals surface area contributed by atoms with E-state index in [1.165, 1.54) is 7.11 Å². The number of aliphatic hydroxyl groups is 1. The third kappa shape index (κ3) is 6.33. The van der Waals surface area contributed by atoms with E-state index in [-0.39, 0.29) is 19.1 Å². The molecule has 0 heterocycles. The van der Waals surface area contributed by atoms with E-state index >= 15 is 0 Å². The molecule has 1 aromatic carbocycles. The van der Waals surface area contributed by atoms with E-state index in [9.17, 15) is 9.90 Å². The fourth-order valence-electron chi connectivity index (χ4n) is 1.52. The lowest BCUT2D eigenvalue weighted by Gasteiger charge is -2.15. The minimum atomic E-state index is -0.657. The van der Waals surface area contributed by atoms with E-state index in [1.807, 2.05) is 30.3 Å². The number of ether oxygens (including phenoxy) is 2. The van der Waals surface area contributed by atoms with Crippen molar-refractivity contribution in [1.29, 1.82) is 0 Å². The molecule has 0 saturated carbocycles. The number of aliphatic hydroxyl groups excluding tert-OH is 1. The summed E-state index contributed by atoms with van der Waals surface area (Å²) in [5.74, 6) is -0.350. The molecule has 0 saturated heterocycles. The van der Waals surface area contributed by atoms with Crippen LogP contribution in [-0.2, 0) is 20.9 Å². The largest absolute Gasteiger partial charge is 0.468 e. The van der Waals surface area contributed by atoms with E-state index in [0.29, 0.717) is 6.61 Å². The molecule has 0 amide bonds. The second-order valence-corrected chi connectivity index (χ2v) is 4.31. The second kappa shape index (κ2) is 8.63. The highest BCUT2D eigenvalue weighted by atomic mass is 16.5. The summed E-state index contributed by atoms with van der Waals surface area (Å²) >= 11 is 0. The van der Waals surface area contributed by atoms with Crippen molar-refractivity contribution in [3.8, 4) is 0 Å². The summed E-state index contributed by atoms with van der Waals surface area (Å²) < 4.78 is 9.96. The van der Waals surface area contributed by atoms with Crippen molar-refractivity contribution in [2.75, 3.05) is 20.3 Å². The van der Waals surface area contributed by atoms with Crippen molar-refractivity contribution >= 4 is 5.97 Å². The van der Waals surface area contributed by atoms with Gasteiger partial charge in [0.15, 0.2) is 0 Å². The van der Waals surface area contributed by atoms with Gasteiger partial charge in [-0.25, -0.2) is 0 Å². The van der Waals surface area contributed by atoms with Gasteiger partial charge in [-0.1, -0.05) is 30.3 Å². The first-order valence-corrected chi connectivity index (χ1v) is 6.24. The Kier molecular flexibility index (Phi) is 7.10. The SMILES string of the molecule is COC(=O)C(C)NCC(O)COCc1ccccc1. The molecule has 19 heavy (non-hydrogen) atoms. The number of rotatable bonds is 8. The average Bonchev–Trinajstić information content (AvgIpc) is 2.45. The van der Waals surface area contributed by atoms with Crippen molar-refractivity contribution in [3.63, 3.8) is 0 Å². The Bertz CT molecular complexity index is 369. The van der Waals surface area contributed by atoms with Gasteiger partial charge >= 0.3 is 5.97 Å². The van der Waals surface area contributed by atoms with E-state index in [0.717, 1.165) is 5.56 Å². The van der Waals surface area contributed by atoms with E-state index in [2.05, 4.69) is 10.1 Å². The quantitative estimate of drug-likeness (QED) is 0.679. The molecular formula is C14H21NO4. The summed E-state index contributed by atoms with van der Waals surface area (Å²) in [5, 5.41) is 12.6. The summed E-state index contributed by atoms with van der Waals surface area (Å²) in [4.78, 5) is 11.1. The number of carbonyl (C=O) groups excluding carboxylic acids is 1. The van der Waals surface area contributed by atoms with Crippen LogP contribution in [-0.4, -0.2) is 43.5 Å². The molecule has 0 aliphatic rings. The molecule has 5 nitrogen and oxygen atoms in total. The minimum Gasteiger partial charge on any atom is -0.468 e. The van der Waals surface area contributed by atoms with Gasteiger partial charge in [-0.05, 0) is 12.5 Å². The van der Waals surface area contributed by atoms with Gasteiger partial charge in [-0.15, -0.1) is 0 Å². The van der Waals surface area contributed by atoms with Crippen LogP contribution in [0.5, 0.6) is 0 Å². The molecule has 0 aliphatic heterocycles. The van der Waals surface area contributed by atoms with Crippen LogP contribution in [0, 0.1) is 0 Å². The molecule has 2 unspecified atom stereocenters. The molecule has 0 bridgehead atoms. The van der Waals surface area contributed by atoms with Crippen LogP contribution in [0.2, 0.25) is 0 Å². The fraction of sp³-hybridized carbons (Fsp3) is 0.500. The van der Waals surface area contributed by atoms with Crippen LogP contribution in [0.1, 0.15) is 12.5 Å². The number of benzene rings is 1. The van der Waals surface area contributed by atoms with Crippen LogP contribution in [0.25, 0.3) is 0 Å². The Morgan fingerprint density at radius 1 is 1.37 bits per heavy atom. The van der Waals surface area contributed by atoms with Crippen LogP contribution in [0.15, 0.2) is 30.3 Å². The summed E-state index contributed by atoms with van der Waals surface area (Å²) in [6.45, 7) is 2.65. The summed E-state index contributed by atoms with van der Waals surface area (Å²) in [5.41, 5.74) is 1.06. The maximum Gasteiger partial charge on any atom is 0.322 e. The normalized spacial score (nSPS) is 13.8. The molecule has 2 N–H and O–H groups in total. The molecule has 0 radical (unpaired) electrons. The van der Waals surface area contributed by atoms with Gasteiger partial charge in [0.1, 0.15) is 6.04 Å². The lowest BCUT2D eigenvalue weighted by atomic mass is 10.2. The Labute approximate surface area is 113 Å². The minimum absolute atomic E-state index is 0.218. The Morgan fingerprint density at radius 2 is 2.05 bits per heavy atom. The number of carbonyl (C=O) groups is 1. The van der Waals surface area contributed by atoms with Crippen molar-refractivity contribution in [2.24, 2.45) is 0 Å². The summed E-state index contributed by atoms with van der Waals surface area (Å²) in [6, 6.07) is 9.31. The predicted octanol–water partition coefficient (Wildman–Crippen LogP) is 0.715. The van der Waals surface area contributed by atoms with Gasteiger partial charge in [0.05, 0.1) is 26.4 Å². The molecule has 1 aromatic rings. The molecule has 2 atom stereocenters. The van der Waals surface area contributed by atoms with Gasteiger partial charge in [0.25, 0.3) is 0 Å². The highest BCUT2D eigenvalue weighted by Crippen LogP contribution is 2.00. The van der Waals surface area contributed by atoms with Crippen LogP contribution in [0.4, 0.5) is 0 Å². The number of hydrogen-bond acceptors (Lipinski definition) is 5. The molecule has 1 rings (SSSR count). The third-order valence-electron chi connectivity index (χ3n) is 2.64. The summed E-state index contributed by atoms with van der Waals surface area (Å²) in [7, 11) is 1.33. The zero-order chi connectivity index (χ0) is 14.1. The van der Waals surface area contributed by atoms with Gasteiger partial charge in [-0.3, -0.25) is 4.79 Å². The molecule has 0 aliphatic carbocycles. The topological polar surface area (TPSA) is 67.8 Å². The Morgan fingerprint density at radius 3 is 2.68 bits per heavy atom. The molecule has 0 fully saturated rings. The Hall–Kier alpha value is -1.43. The second-order valence-electron chi connectivity index (χ2n) is 4.31. The van der Waals surface area contributed by atoms with Crippen LogP contribution in [0.3, 0.4) is 0 Å². The molecule has 0 spiro atoms.